The van der Waals surface area contributed by atoms with Crippen molar-refractivity contribution in [2.75, 3.05) is 25.6 Å². The Morgan fingerprint density at radius 3 is 2.72 bits per heavy atom. The van der Waals surface area contributed by atoms with Gasteiger partial charge in [0.15, 0.2) is 12.2 Å². The first-order chi connectivity index (χ1) is 8.79. The molecule has 1 aromatic carbocycles. The lowest BCUT2D eigenvalue weighted by atomic mass is 10.1. The topological polar surface area (TPSA) is 47.3 Å². The maximum absolute atomic E-state index is 5.24. The van der Waals surface area contributed by atoms with Crippen LogP contribution in [0.2, 0.25) is 0 Å². The smallest absolute Gasteiger partial charge is 0.181 e. The fraction of sp³-hybridized carbons (Fsp3) is 0.357. The average Bonchev–Trinajstić information content (AvgIpc) is 2.91. The second kappa shape index (κ2) is 6.21. The molecule has 1 heterocycles. The summed E-state index contributed by atoms with van der Waals surface area (Å²) in [6, 6.07) is 8.11. The summed E-state index contributed by atoms with van der Waals surface area (Å²) in [6.07, 6.45) is 3.15. The molecule has 1 atom stereocenters. The molecule has 0 saturated carbocycles. The predicted molar refractivity (Wildman–Crippen MR) is 71.5 cm³/mol. The Morgan fingerprint density at radius 2 is 2.11 bits per heavy atom. The number of oxazole rings is 1. The minimum absolute atomic E-state index is 0.490. The quantitative estimate of drug-likeness (QED) is 0.851. The maximum atomic E-state index is 5.24. The van der Waals surface area contributed by atoms with E-state index in [-0.39, 0.29) is 0 Å². The SMILES string of the molecule is COCC(C)CNc1ccc(-c2cnco2)cc1. The van der Waals surface area contributed by atoms with Crippen LogP contribution < -0.4 is 5.32 Å². The van der Waals surface area contributed by atoms with Crippen LogP contribution in [0, 0.1) is 5.92 Å². The van der Waals surface area contributed by atoms with Crippen molar-refractivity contribution in [3.05, 3.63) is 36.9 Å². The van der Waals surface area contributed by atoms with Gasteiger partial charge in [0.1, 0.15) is 0 Å². The van der Waals surface area contributed by atoms with Gasteiger partial charge in [-0.25, -0.2) is 4.98 Å². The second-order valence-electron chi connectivity index (χ2n) is 4.38. The zero-order valence-electron chi connectivity index (χ0n) is 10.7. The van der Waals surface area contributed by atoms with Gasteiger partial charge in [-0.1, -0.05) is 6.92 Å². The lowest BCUT2D eigenvalue weighted by Gasteiger charge is -2.12. The Morgan fingerprint density at radius 1 is 1.33 bits per heavy atom. The molecule has 2 aromatic rings. The Bertz CT molecular complexity index is 451. The zero-order chi connectivity index (χ0) is 12.8. The number of rotatable bonds is 6. The first kappa shape index (κ1) is 12.6. The van der Waals surface area contributed by atoms with Gasteiger partial charge in [-0.3, -0.25) is 0 Å². The molecular weight excluding hydrogens is 228 g/mol. The third kappa shape index (κ3) is 3.34. The molecule has 96 valence electrons. The van der Waals surface area contributed by atoms with Crippen molar-refractivity contribution in [3.63, 3.8) is 0 Å². The normalized spacial score (nSPS) is 12.3. The third-order valence-electron chi connectivity index (χ3n) is 2.71. The van der Waals surface area contributed by atoms with E-state index >= 15 is 0 Å². The van der Waals surface area contributed by atoms with Crippen molar-refractivity contribution < 1.29 is 9.15 Å². The molecule has 4 heteroatoms. The highest BCUT2D eigenvalue weighted by molar-refractivity contribution is 5.60. The summed E-state index contributed by atoms with van der Waals surface area (Å²) >= 11 is 0. The number of ether oxygens (including phenoxy) is 1. The Labute approximate surface area is 107 Å². The Balaban J connectivity index is 1.92. The minimum atomic E-state index is 0.490. The van der Waals surface area contributed by atoms with E-state index < -0.39 is 0 Å². The molecule has 2 rings (SSSR count). The summed E-state index contributed by atoms with van der Waals surface area (Å²) in [6.45, 7) is 3.82. The van der Waals surface area contributed by atoms with E-state index in [4.69, 9.17) is 9.15 Å². The van der Waals surface area contributed by atoms with E-state index in [1.54, 1.807) is 13.3 Å². The molecule has 0 aliphatic rings. The summed E-state index contributed by atoms with van der Waals surface area (Å²) in [5.74, 6) is 1.28. The minimum Gasteiger partial charge on any atom is -0.444 e. The van der Waals surface area contributed by atoms with Crippen LogP contribution in [0.15, 0.2) is 41.3 Å². The summed E-state index contributed by atoms with van der Waals surface area (Å²) in [5, 5.41) is 3.38. The van der Waals surface area contributed by atoms with Crippen molar-refractivity contribution >= 4 is 5.69 Å². The molecule has 18 heavy (non-hydrogen) atoms. The third-order valence-corrected chi connectivity index (χ3v) is 2.71. The van der Waals surface area contributed by atoms with Crippen LogP contribution in [-0.4, -0.2) is 25.2 Å². The van der Waals surface area contributed by atoms with Crippen LogP contribution >= 0.6 is 0 Å². The van der Waals surface area contributed by atoms with Gasteiger partial charge in [0.2, 0.25) is 0 Å². The molecular formula is C14H18N2O2. The van der Waals surface area contributed by atoms with E-state index in [0.29, 0.717) is 5.92 Å². The molecule has 0 saturated heterocycles. The van der Waals surface area contributed by atoms with E-state index in [2.05, 4.69) is 17.2 Å². The lowest BCUT2D eigenvalue weighted by Crippen LogP contribution is -2.15. The Hall–Kier alpha value is -1.81. The molecule has 1 N–H and O–H groups in total. The summed E-state index contributed by atoms with van der Waals surface area (Å²) in [5.41, 5.74) is 2.13. The van der Waals surface area contributed by atoms with Crippen molar-refractivity contribution in [2.45, 2.75) is 6.92 Å². The number of benzene rings is 1. The van der Waals surface area contributed by atoms with Gasteiger partial charge in [-0.15, -0.1) is 0 Å². The monoisotopic (exact) mass is 246 g/mol. The average molecular weight is 246 g/mol. The molecule has 0 amide bonds. The number of nitrogens with zero attached hydrogens (tertiary/aromatic N) is 1. The van der Waals surface area contributed by atoms with Gasteiger partial charge in [-0.05, 0) is 30.2 Å². The van der Waals surface area contributed by atoms with Crippen LogP contribution in [0.3, 0.4) is 0 Å². The van der Waals surface area contributed by atoms with Crippen LogP contribution in [0.25, 0.3) is 11.3 Å². The molecule has 0 spiro atoms. The van der Waals surface area contributed by atoms with Crippen molar-refractivity contribution in [1.82, 2.24) is 4.98 Å². The number of nitrogens with one attached hydrogen (secondary N) is 1. The fourth-order valence-electron chi connectivity index (χ4n) is 1.75. The summed E-state index contributed by atoms with van der Waals surface area (Å²) < 4.78 is 10.3. The fourth-order valence-corrected chi connectivity index (χ4v) is 1.75. The zero-order valence-corrected chi connectivity index (χ0v) is 10.7. The summed E-state index contributed by atoms with van der Waals surface area (Å²) in [4.78, 5) is 3.90. The van der Waals surface area contributed by atoms with Crippen LogP contribution in [-0.2, 0) is 4.74 Å². The largest absolute Gasteiger partial charge is 0.444 e. The highest BCUT2D eigenvalue weighted by Crippen LogP contribution is 2.20. The molecule has 0 bridgehead atoms. The van der Waals surface area contributed by atoms with Crippen LogP contribution in [0.5, 0.6) is 0 Å². The standard InChI is InChI=1S/C14H18N2O2/c1-11(9-17-2)7-16-13-5-3-12(4-6-13)14-8-15-10-18-14/h3-6,8,10-11,16H,7,9H2,1-2H3. The van der Waals surface area contributed by atoms with E-state index in [1.807, 2.05) is 24.3 Å². The maximum Gasteiger partial charge on any atom is 0.181 e. The molecule has 0 aliphatic carbocycles. The second-order valence-corrected chi connectivity index (χ2v) is 4.38. The van der Waals surface area contributed by atoms with Gasteiger partial charge < -0.3 is 14.5 Å². The highest BCUT2D eigenvalue weighted by atomic mass is 16.5. The molecule has 1 aromatic heterocycles. The van der Waals surface area contributed by atoms with Crippen LogP contribution in [0.1, 0.15) is 6.92 Å². The number of aromatic nitrogens is 1. The van der Waals surface area contributed by atoms with Crippen molar-refractivity contribution in [3.8, 4) is 11.3 Å². The van der Waals surface area contributed by atoms with Gasteiger partial charge in [0.25, 0.3) is 0 Å². The number of anilines is 1. The van der Waals surface area contributed by atoms with E-state index in [9.17, 15) is 0 Å². The van der Waals surface area contributed by atoms with Gasteiger partial charge in [0, 0.05) is 24.9 Å². The predicted octanol–water partition coefficient (Wildman–Crippen LogP) is 3.04. The summed E-state index contributed by atoms with van der Waals surface area (Å²) in [7, 11) is 1.72. The molecule has 4 nitrogen and oxygen atoms in total. The van der Waals surface area contributed by atoms with E-state index in [0.717, 1.165) is 30.2 Å². The van der Waals surface area contributed by atoms with Crippen molar-refractivity contribution in [1.29, 1.82) is 0 Å². The number of hydrogen-bond donors (Lipinski definition) is 1. The van der Waals surface area contributed by atoms with Gasteiger partial charge in [0.05, 0.1) is 12.8 Å². The first-order valence-electron chi connectivity index (χ1n) is 6.01. The molecule has 0 radical (unpaired) electrons. The highest BCUT2D eigenvalue weighted by Gasteiger charge is 2.03. The number of hydrogen-bond acceptors (Lipinski definition) is 4. The molecule has 0 fully saturated rings. The van der Waals surface area contributed by atoms with Crippen molar-refractivity contribution in [2.24, 2.45) is 5.92 Å². The molecule has 1 unspecified atom stereocenters. The number of methoxy groups -OCH3 is 1. The van der Waals surface area contributed by atoms with Gasteiger partial charge >= 0.3 is 0 Å². The van der Waals surface area contributed by atoms with Gasteiger partial charge in [-0.2, -0.15) is 0 Å². The lowest BCUT2D eigenvalue weighted by molar-refractivity contribution is 0.164. The van der Waals surface area contributed by atoms with E-state index in [1.165, 1.54) is 6.39 Å². The molecule has 0 aliphatic heterocycles. The Kier molecular flexibility index (Phi) is 4.36. The first-order valence-corrected chi connectivity index (χ1v) is 6.01. The van der Waals surface area contributed by atoms with Crippen LogP contribution in [0.4, 0.5) is 5.69 Å².